The standard InChI is InChI=1S/C9H18NO.ClH/c1-9(2)8-10(3)4-6-11-7-5-10;/h1,4-8H2,2-3H3;1H/q+1;/p-1. The molecule has 1 aliphatic heterocycles. The molecule has 1 aliphatic rings. The highest BCUT2D eigenvalue weighted by molar-refractivity contribution is 4.87. The lowest BCUT2D eigenvalue weighted by Crippen LogP contribution is -3.00. The highest BCUT2D eigenvalue weighted by atomic mass is 35.5. The quantitative estimate of drug-likeness (QED) is 0.364. The largest absolute Gasteiger partial charge is 1.00 e. The first-order valence-corrected chi connectivity index (χ1v) is 4.18. The van der Waals surface area contributed by atoms with Crippen LogP contribution in [0, 0.1) is 0 Å². The van der Waals surface area contributed by atoms with Gasteiger partial charge in [-0.1, -0.05) is 6.58 Å². The fraction of sp³-hybridized carbons (Fsp3) is 0.778. The third kappa shape index (κ3) is 3.57. The predicted molar refractivity (Wildman–Crippen MR) is 46.4 cm³/mol. The molecule has 0 aromatic rings. The number of morpholine rings is 1. The summed E-state index contributed by atoms with van der Waals surface area (Å²) in [4.78, 5) is 0. The topological polar surface area (TPSA) is 9.23 Å². The second-order valence-electron chi connectivity index (χ2n) is 3.79. The van der Waals surface area contributed by atoms with E-state index in [1.54, 1.807) is 0 Å². The SMILES string of the molecule is C=C(C)C[N+]1(C)CCOCC1.[Cl-]. The van der Waals surface area contributed by atoms with E-state index in [9.17, 15) is 0 Å². The van der Waals surface area contributed by atoms with E-state index in [4.69, 9.17) is 4.74 Å². The van der Waals surface area contributed by atoms with Crippen molar-refractivity contribution in [2.75, 3.05) is 39.9 Å². The number of hydrogen-bond acceptors (Lipinski definition) is 1. The Morgan fingerprint density at radius 3 is 2.33 bits per heavy atom. The molecule has 0 amide bonds. The summed E-state index contributed by atoms with van der Waals surface area (Å²) in [7, 11) is 2.28. The third-order valence-electron chi connectivity index (χ3n) is 2.20. The summed E-state index contributed by atoms with van der Waals surface area (Å²) in [5.41, 5.74) is 1.27. The highest BCUT2D eigenvalue weighted by Crippen LogP contribution is 2.09. The van der Waals surface area contributed by atoms with Gasteiger partial charge in [-0.15, -0.1) is 0 Å². The second-order valence-corrected chi connectivity index (χ2v) is 3.79. The molecule has 0 spiro atoms. The monoisotopic (exact) mass is 191 g/mol. The molecular weight excluding hydrogens is 174 g/mol. The minimum atomic E-state index is 0. The number of rotatable bonds is 2. The Morgan fingerprint density at radius 1 is 1.42 bits per heavy atom. The molecule has 0 aromatic carbocycles. The summed E-state index contributed by atoms with van der Waals surface area (Å²) < 4.78 is 6.41. The minimum absolute atomic E-state index is 0. The number of quaternary nitrogens is 1. The Labute approximate surface area is 81.2 Å². The first-order valence-electron chi connectivity index (χ1n) is 4.18. The molecule has 3 heteroatoms. The van der Waals surface area contributed by atoms with Crippen LogP contribution in [-0.4, -0.2) is 44.4 Å². The van der Waals surface area contributed by atoms with Gasteiger partial charge in [-0.2, -0.15) is 0 Å². The van der Waals surface area contributed by atoms with Crippen molar-refractivity contribution in [2.45, 2.75) is 6.92 Å². The molecule has 0 aromatic heterocycles. The van der Waals surface area contributed by atoms with Gasteiger partial charge >= 0.3 is 0 Å². The van der Waals surface area contributed by atoms with Crippen LogP contribution < -0.4 is 12.4 Å². The van der Waals surface area contributed by atoms with E-state index in [2.05, 4.69) is 20.6 Å². The van der Waals surface area contributed by atoms with Gasteiger partial charge in [0.2, 0.25) is 0 Å². The fourth-order valence-corrected chi connectivity index (χ4v) is 1.59. The summed E-state index contributed by atoms with van der Waals surface area (Å²) in [5.74, 6) is 0. The van der Waals surface area contributed by atoms with Crippen molar-refractivity contribution < 1.29 is 21.6 Å². The number of halogens is 1. The van der Waals surface area contributed by atoms with Gasteiger partial charge in [-0.25, -0.2) is 0 Å². The van der Waals surface area contributed by atoms with Crippen molar-refractivity contribution in [1.82, 2.24) is 0 Å². The molecule has 1 rings (SSSR count). The average Bonchev–Trinajstić information content (AvgIpc) is 1.85. The van der Waals surface area contributed by atoms with E-state index >= 15 is 0 Å². The van der Waals surface area contributed by atoms with E-state index in [0.717, 1.165) is 37.3 Å². The molecule has 0 N–H and O–H groups in total. The lowest BCUT2D eigenvalue weighted by Gasteiger charge is -2.37. The highest BCUT2D eigenvalue weighted by Gasteiger charge is 2.24. The van der Waals surface area contributed by atoms with Crippen LogP contribution in [0.25, 0.3) is 0 Å². The van der Waals surface area contributed by atoms with Crippen LogP contribution in [0.5, 0.6) is 0 Å². The first kappa shape index (κ1) is 11.9. The van der Waals surface area contributed by atoms with Gasteiger partial charge in [0.25, 0.3) is 0 Å². The summed E-state index contributed by atoms with van der Waals surface area (Å²) in [6.45, 7) is 11.2. The zero-order chi connectivity index (χ0) is 8.32. The maximum atomic E-state index is 5.30. The molecule has 2 nitrogen and oxygen atoms in total. The van der Waals surface area contributed by atoms with Gasteiger partial charge < -0.3 is 21.6 Å². The Kier molecular flexibility index (Phi) is 4.83. The van der Waals surface area contributed by atoms with Crippen LogP contribution in [0.15, 0.2) is 12.2 Å². The molecule has 0 aliphatic carbocycles. The van der Waals surface area contributed by atoms with Gasteiger partial charge in [0.05, 0.1) is 26.8 Å². The van der Waals surface area contributed by atoms with Gasteiger partial charge in [0, 0.05) is 0 Å². The van der Waals surface area contributed by atoms with E-state index in [0.29, 0.717) is 0 Å². The average molecular weight is 192 g/mol. The summed E-state index contributed by atoms with van der Waals surface area (Å²) >= 11 is 0. The lowest BCUT2D eigenvalue weighted by atomic mass is 10.2. The maximum absolute atomic E-state index is 5.30. The van der Waals surface area contributed by atoms with Gasteiger partial charge in [0.15, 0.2) is 0 Å². The Balaban J connectivity index is 0.00000121. The van der Waals surface area contributed by atoms with Crippen LogP contribution in [0.4, 0.5) is 0 Å². The van der Waals surface area contributed by atoms with E-state index in [1.165, 1.54) is 5.57 Å². The predicted octanol–water partition coefficient (Wildman–Crippen LogP) is -1.96. The molecule has 1 heterocycles. The van der Waals surface area contributed by atoms with Gasteiger partial charge in [-0.3, -0.25) is 0 Å². The fourth-order valence-electron chi connectivity index (χ4n) is 1.59. The Morgan fingerprint density at radius 2 is 1.92 bits per heavy atom. The molecule has 0 atom stereocenters. The molecule has 1 saturated heterocycles. The van der Waals surface area contributed by atoms with Crippen LogP contribution in [0.3, 0.4) is 0 Å². The number of ether oxygens (including phenoxy) is 1. The molecule has 0 bridgehead atoms. The van der Waals surface area contributed by atoms with Crippen molar-refractivity contribution in [1.29, 1.82) is 0 Å². The van der Waals surface area contributed by atoms with Crippen molar-refractivity contribution in [3.05, 3.63) is 12.2 Å². The molecular formula is C9H18ClNO. The van der Waals surface area contributed by atoms with Crippen LogP contribution in [-0.2, 0) is 4.74 Å². The molecule has 1 fully saturated rings. The summed E-state index contributed by atoms with van der Waals surface area (Å²) in [5, 5.41) is 0. The van der Waals surface area contributed by atoms with E-state index in [1.807, 2.05) is 0 Å². The Bertz CT molecular complexity index is 153. The smallest absolute Gasteiger partial charge is 0.103 e. The van der Waals surface area contributed by atoms with E-state index < -0.39 is 0 Å². The zero-order valence-corrected chi connectivity index (χ0v) is 8.73. The molecule has 72 valence electrons. The summed E-state index contributed by atoms with van der Waals surface area (Å²) in [6.07, 6.45) is 0. The van der Waals surface area contributed by atoms with Crippen molar-refractivity contribution >= 4 is 0 Å². The summed E-state index contributed by atoms with van der Waals surface area (Å²) in [6, 6.07) is 0. The maximum Gasteiger partial charge on any atom is 0.103 e. The molecule has 12 heavy (non-hydrogen) atoms. The van der Waals surface area contributed by atoms with Crippen molar-refractivity contribution in [3.8, 4) is 0 Å². The second kappa shape index (κ2) is 4.85. The van der Waals surface area contributed by atoms with Gasteiger partial charge in [-0.05, 0) is 12.5 Å². The number of hydrogen-bond donors (Lipinski definition) is 0. The van der Waals surface area contributed by atoms with Crippen LogP contribution in [0.1, 0.15) is 6.92 Å². The lowest BCUT2D eigenvalue weighted by molar-refractivity contribution is -0.912. The minimum Gasteiger partial charge on any atom is -1.00 e. The Hall–Kier alpha value is -0.0500. The molecule has 0 unspecified atom stereocenters. The molecule has 0 saturated carbocycles. The molecule has 0 radical (unpaired) electrons. The number of likely N-dealkylation sites (N-methyl/N-ethyl adjacent to an activating group) is 1. The van der Waals surface area contributed by atoms with Gasteiger partial charge in [0.1, 0.15) is 13.1 Å². The number of nitrogens with zero attached hydrogens (tertiary/aromatic N) is 1. The third-order valence-corrected chi connectivity index (χ3v) is 2.20. The van der Waals surface area contributed by atoms with Crippen LogP contribution >= 0.6 is 0 Å². The zero-order valence-electron chi connectivity index (χ0n) is 7.98. The van der Waals surface area contributed by atoms with Crippen molar-refractivity contribution in [2.24, 2.45) is 0 Å². The normalized spacial score (nSPS) is 21.2. The van der Waals surface area contributed by atoms with Crippen LogP contribution in [0.2, 0.25) is 0 Å². The van der Waals surface area contributed by atoms with Crippen molar-refractivity contribution in [3.63, 3.8) is 0 Å². The van der Waals surface area contributed by atoms with E-state index in [-0.39, 0.29) is 12.4 Å². The first-order chi connectivity index (χ1) is 5.12.